The quantitative estimate of drug-likeness (QED) is 0.496. The summed E-state index contributed by atoms with van der Waals surface area (Å²) >= 11 is 0. The second-order valence-electron chi connectivity index (χ2n) is 9.23. The molecule has 1 aromatic carbocycles. The van der Waals surface area contributed by atoms with Gasteiger partial charge in [-0.1, -0.05) is 26.0 Å². The van der Waals surface area contributed by atoms with E-state index in [9.17, 15) is 4.79 Å². The molecule has 2 N–H and O–H groups in total. The Kier molecular flexibility index (Phi) is 7.87. The molecule has 1 aliphatic heterocycles. The summed E-state index contributed by atoms with van der Waals surface area (Å²) in [5.74, 6) is 0.363. The fraction of sp³-hybridized carbons (Fsp3) is 0.370. The van der Waals surface area contributed by atoms with Crippen LogP contribution in [0, 0.1) is 0 Å². The number of pyridine rings is 2. The van der Waals surface area contributed by atoms with Crippen molar-refractivity contribution in [3.63, 3.8) is 0 Å². The smallest absolute Gasteiger partial charge is 0.259 e. The van der Waals surface area contributed by atoms with Crippen LogP contribution in [0.15, 0.2) is 67.1 Å². The van der Waals surface area contributed by atoms with E-state index in [1.165, 1.54) is 5.56 Å². The van der Waals surface area contributed by atoms with Gasteiger partial charge in [0.15, 0.2) is 0 Å². The van der Waals surface area contributed by atoms with E-state index in [0.717, 1.165) is 50.5 Å². The highest BCUT2D eigenvalue weighted by atomic mass is 16.5. The molecule has 0 atom stereocenters. The number of morpholine rings is 1. The van der Waals surface area contributed by atoms with Gasteiger partial charge < -0.3 is 15.4 Å². The third-order valence-corrected chi connectivity index (χ3v) is 6.34. The van der Waals surface area contributed by atoms with Crippen LogP contribution < -0.4 is 10.6 Å². The Morgan fingerprint density at radius 3 is 2.50 bits per heavy atom. The van der Waals surface area contributed by atoms with Gasteiger partial charge in [0.2, 0.25) is 0 Å². The van der Waals surface area contributed by atoms with Gasteiger partial charge in [-0.05, 0) is 65.9 Å². The SMILES string of the molecule is CC(C)(CCN1CCOCC1)c1ccc(NC(=O)c2cccnc2NCc2ccncc2)cc1. The van der Waals surface area contributed by atoms with Gasteiger partial charge in [-0.2, -0.15) is 0 Å². The lowest BCUT2D eigenvalue weighted by Crippen LogP contribution is -2.38. The molecule has 178 valence electrons. The van der Waals surface area contributed by atoms with Crippen molar-refractivity contribution in [3.8, 4) is 0 Å². The number of benzene rings is 1. The van der Waals surface area contributed by atoms with Crippen LogP contribution in [0.4, 0.5) is 11.5 Å². The molecule has 7 heteroatoms. The summed E-state index contributed by atoms with van der Waals surface area (Å²) in [7, 11) is 0. The third-order valence-electron chi connectivity index (χ3n) is 6.34. The summed E-state index contributed by atoms with van der Waals surface area (Å²) in [6.07, 6.45) is 6.24. The van der Waals surface area contributed by atoms with E-state index >= 15 is 0 Å². The molecular weight excluding hydrogens is 426 g/mol. The number of hydrogen-bond donors (Lipinski definition) is 2. The lowest BCUT2D eigenvalue weighted by Gasteiger charge is -2.32. The van der Waals surface area contributed by atoms with Crippen LogP contribution in [0.5, 0.6) is 0 Å². The number of aromatic nitrogens is 2. The summed E-state index contributed by atoms with van der Waals surface area (Å²) in [4.78, 5) is 23.8. The van der Waals surface area contributed by atoms with Gasteiger partial charge in [-0.25, -0.2) is 4.98 Å². The van der Waals surface area contributed by atoms with Gasteiger partial charge >= 0.3 is 0 Å². The zero-order valence-corrected chi connectivity index (χ0v) is 20.0. The molecule has 1 fully saturated rings. The standard InChI is InChI=1S/C27H33N5O2/c1-27(2,11-15-32-16-18-34-19-17-32)22-5-7-23(8-6-22)31-26(33)24-4-3-12-29-25(24)30-20-21-9-13-28-14-10-21/h3-10,12-14H,11,15-20H2,1-2H3,(H,29,30)(H,31,33). The number of nitrogens with zero attached hydrogens (tertiary/aromatic N) is 3. The van der Waals surface area contributed by atoms with Gasteiger partial charge in [0.05, 0.1) is 18.8 Å². The van der Waals surface area contributed by atoms with Crippen LogP contribution >= 0.6 is 0 Å². The first kappa shape index (κ1) is 23.9. The predicted octanol–water partition coefficient (Wildman–Crippen LogP) is 4.34. The molecule has 34 heavy (non-hydrogen) atoms. The third kappa shape index (κ3) is 6.40. The van der Waals surface area contributed by atoms with Crippen molar-refractivity contribution in [2.45, 2.75) is 32.2 Å². The maximum atomic E-state index is 13.0. The number of rotatable bonds is 9. The fourth-order valence-corrected chi connectivity index (χ4v) is 4.03. The Morgan fingerprint density at radius 2 is 1.76 bits per heavy atom. The van der Waals surface area contributed by atoms with Crippen molar-refractivity contribution >= 4 is 17.4 Å². The Balaban J connectivity index is 1.36. The van der Waals surface area contributed by atoms with Crippen LogP contribution in [0.25, 0.3) is 0 Å². The molecule has 0 radical (unpaired) electrons. The highest BCUT2D eigenvalue weighted by Crippen LogP contribution is 2.29. The minimum atomic E-state index is -0.190. The summed E-state index contributed by atoms with van der Waals surface area (Å²) < 4.78 is 5.45. The number of ether oxygens (including phenoxy) is 1. The molecule has 1 amide bonds. The highest BCUT2D eigenvalue weighted by Gasteiger charge is 2.22. The van der Waals surface area contributed by atoms with E-state index in [1.807, 2.05) is 24.3 Å². The average molecular weight is 460 g/mol. The fourth-order valence-electron chi connectivity index (χ4n) is 4.03. The molecule has 0 bridgehead atoms. The van der Waals surface area contributed by atoms with E-state index in [2.05, 4.69) is 51.5 Å². The number of nitrogens with one attached hydrogen (secondary N) is 2. The van der Waals surface area contributed by atoms with Crippen molar-refractivity contribution in [2.75, 3.05) is 43.5 Å². The molecule has 3 heterocycles. The molecule has 3 aromatic rings. The van der Waals surface area contributed by atoms with E-state index < -0.39 is 0 Å². The van der Waals surface area contributed by atoms with Gasteiger partial charge in [-0.3, -0.25) is 14.7 Å². The van der Waals surface area contributed by atoms with Crippen molar-refractivity contribution in [2.24, 2.45) is 0 Å². The minimum Gasteiger partial charge on any atom is -0.379 e. The number of hydrogen-bond acceptors (Lipinski definition) is 6. The number of amides is 1. The van der Waals surface area contributed by atoms with Crippen LogP contribution in [-0.2, 0) is 16.7 Å². The number of carbonyl (C=O) groups excluding carboxylic acids is 1. The van der Waals surface area contributed by atoms with Gasteiger partial charge in [0.25, 0.3) is 5.91 Å². The lowest BCUT2D eigenvalue weighted by molar-refractivity contribution is 0.0350. The highest BCUT2D eigenvalue weighted by molar-refractivity contribution is 6.07. The van der Waals surface area contributed by atoms with Crippen molar-refractivity contribution < 1.29 is 9.53 Å². The largest absolute Gasteiger partial charge is 0.379 e. The zero-order valence-electron chi connectivity index (χ0n) is 20.0. The molecule has 4 rings (SSSR count). The molecule has 0 saturated carbocycles. The van der Waals surface area contributed by atoms with E-state index in [0.29, 0.717) is 17.9 Å². The Bertz CT molecular complexity index is 1060. The van der Waals surface area contributed by atoms with Gasteiger partial charge in [0.1, 0.15) is 5.82 Å². The van der Waals surface area contributed by atoms with Crippen molar-refractivity contribution in [1.29, 1.82) is 0 Å². The molecular formula is C27H33N5O2. The summed E-state index contributed by atoms with van der Waals surface area (Å²) in [6.45, 7) is 9.84. The molecule has 1 saturated heterocycles. The molecule has 2 aromatic heterocycles. The lowest BCUT2D eigenvalue weighted by atomic mass is 9.81. The average Bonchev–Trinajstić information content (AvgIpc) is 2.88. The number of carbonyl (C=O) groups is 1. The van der Waals surface area contributed by atoms with Crippen LogP contribution in [-0.4, -0.2) is 53.6 Å². The maximum Gasteiger partial charge on any atom is 0.259 e. The zero-order chi connectivity index (χ0) is 23.8. The van der Waals surface area contributed by atoms with E-state index in [4.69, 9.17) is 4.74 Å². The van der Waals surface area contributed by atoms with Crippen LogP contribution in [0.3, 0.4) is 0 Å². The second-order valence-corrected chi connectivity index (χ2v) is 9.23. The molecule has 0 spiro atoms. The molecule has 7 nitrogen and oxygen atoms in total. The molecule has 0 aliphatic carbocycles. The van der Waals surface area contributed by atoms with E-state index in [1.54, 1.807) is 30.7 Å². The van der Waals surface area contributed by atoms with Gasteiger partial charge in [-0.15, -0.1) is 0 Å². The first-order valence-corrected chi connectivity index (χ1v) is 11.8. The Hall–Kier alpha value is -3.29. The summed E-state index contributed by atoms with van der Waals surface area (Å²) in [5, 5.41) is 6.26. The number of anilines is 2. The second kappa shape index (κ2) is 11.2. The van der Waals surface area contributed by atoms with E-state index in [-0.39, 0.29) is 11.3 Å². The van der Waals surface area contributed by atoms with Crippen molar-refractivity contribution in [3.05, 3.63) is 83.8 Å². The monoisotopic (exact) mass is 459 g/mol. The minimum absolute atomic E-state index is 0.0498. The maximum absolute atomic E-state index is 13.0. The predicted molar refractivity (Wildman–Crippen MR) is 135 cm³/mol. The first-order chi connectivity index (χ1) is 16.5. The Labute approximate surface area is 201 Å². The Morgan fingerprint density at radius 1 is 1.03 bits per heavy atom. The van der Waals surface area contributed by atoms with Gasteiger partial charge in [0, 0.05) is 43.9 Å². The first-order valence-electron chi connectivity index (χ1n) is 11.8. The van der Waals surface area contributed by atoms with Crippen LogP contribution in [0.2, 0.25) is 0 Å². The summed E-state index contributed by atoms with van der Waals surface area (Å²) in [6, 6.07) is 15.6. The summed E-state index contributed by atoms with van der Waals surface area (Å²) in [5.41, 5.74) is 3.65. The van der Waals surface area contributed by atoms with Crippen molar-refractivity contribution in [1.82, 2.24) is 14.9 Å². The topological polar surface area (TPSA) is 79.4 Å². The molecule has 0 unspecified atom stereocenters. The van der Waals surface area contributed by atoms with Crippen LogP contribution in [0.1, 0.15) is 41.8 Å². The normalized spacial score (nSPS) is 14.5. The molecule has 1 aliphatic rings.